The van der Waals surface area contributed by atoms with E-state index in [2.05, 4.69) is 5.10 Å². The number of aryl methyl sites for hydroxylation is 1. The van der Waals surface area contributed by atoms with E-state index in [0.717, 1.165) is 5.56 Å². The van der Waals surface area contributed by atoms with Gasteiger partial charge < -0.3 is 5.73 Å². The Labute approximate surface area is 104 Å². The molecule has 0 amide bonds. The van der Waals surface area contributed by atoms with Crippen LogP contribution in [-0.2, 0) is 13.6 Å². The molecule has 2 N–H and O–H groups in total. The quantitative estimate of drug-likeness (QED) is 0.879. The predicted molar refractivity (Wildman–Crippen MR) is 67.8 cm³/mol. The molecule has 1 aromatic carbocycles. The van der Waals surface area contributed by atoms with Crippen LogP contribution >= 0.6 is 11.6 Å². The highest BCUT2D eigenvalue weighted by molar-refractivity contribution is 6.30. The first-order valence-electron chi connectivity index (χ1n) is 5.15. The van der Waals surface area contributed by atoms with Gasteiger partial charge in [0, 0.05) is 29.7 Å². The molecule has 0 unspecified atom stereocenters. The van der Waals surface area contributed by atoms with E-state index < -0.39 is 0 Å². The van der Waals surface area contributed by atoms with Crippen molar-refractivity contribution in [3.05, 3.63) is 51.3 Å². The van der Waals surface area contributed by atoms with Gasteiger partial charge in [0.2, 0.25) is 0 Å². The number of hydrogen-bond donors (Lipinski definition) is 1. The standard InChI is InChI=1S/C12H12ClN3O/c1-16-12(17)9(7-14)6-11(15-16)8-2-4-10(13)5-3-8/h2-6H,7,14H2,1H3. The van der Waals surface area contributed by atoms with Gasteiger partial charge in [0.25, 0.3) is 5.56 Å². The van der Waals surface area contributed by atoms with Gasteiger partial charge in [-0.15, -0.1) is 0 Å². The summed E-state index contributed by atoms with van der Waals surface area (Å²) >= 11 is 5.82. The monoisotopic (exact) mass is 249 g/mol. The number of nitrogens with zero attached hydrogens (tertiary/aromatic N) is 2. The first-order chi connectivity index (χ1) is 8.11. The van der Waals surface area contributed by atoms with Crippen LogP contribution in [0.1, 0.15) is 5.56 Å². The van der Waals surface area contributed by atoms with E-state index in [-0.39, 0.29) is 12.1 Å². The van der Waals surface area contributed by atoms with E-state index in [1.54, 1.807) is 25.2 Å². The maximum Gasteiger partial charge on any atom is 0.271 e. The number of aromatic nitrogens is 2. The average molecular weight is 250 g/mol. The minimum atomic E-state index is -0.162. The molecule has 0 aliphatic rings. The lowest BCUT2D eigenvalue weighted by molar-refractivity contribution is 0.697. The van der Waals surface area contributed by atoms with Crippen LogP contribution < -0.4 is 11.3 Å². The fourth-order valence-corrected chi connectivity index (χ4v) is 1.70. The molecule has 0 fully saturated rings. The van der Waals surface area contributed by atoms with Crippen molar-refractivity contribution in [2.75, 3.05) is 0 Å². The smallest absolute Gasteiger partial charge is 0.271 e. The van der Waals surface area contributed by atoms with E-state index in [1.807, 2.05) is 12.1 Å². The van der Waals surface area contributed by atoms with Crippen LogP contribution in [0, 0.1) is 0 Å². The summed E-state index contributed by atoms with van der Waals surface area (Å²) in [6, 6.07) is 8.99. The summed E-state index contributed by atoms with van der Waals surface area (Å²) in [5.74, 6) is 0. The van der Waals surface area contributed by atoms with E-state index in [0.29, 0.717) is 16.3 Å². The van der Waals surface area contributed by atoms with Crippen molar-refractivity contribution in [3.63, 3.8) is 0 Å². The van der Waals surface area contributed by atoms with E-state index in [1.165, 1.54) is 4.68 Å². The van der Waals surface area contributed by atoms with E-state index in [9.17, 15) is 4.79 Å². The Morgan fingerprint density at radius 3 is 2.59 bits per heavy atom. The number of rotatable bonds is 2. The second kappa shape index (κ2) is 4.69. The minimum Gasteiger partial charge on any atom is -0.326 e. The lowest BCUT2D eigenvalue weighted by Crippen LogP contribution is -2.25. The van der Waals surface area contributed by atoms with Gasteiger partial charge in [-0.3, -0.25) is 4.79 Å². The van der Waals surface area contributed by atoms with Crippen LogP contribution in [0.5, 0.6) is 0 Å². The fourth-order valence-electron chi connectivity index (χ4n) is 1.58. The van der Waals surface area contributed by atoms with E-state index >= 15 is 0 Å². The highest BCUT2D eigenvalue weighted by Gasteiger charge is 2.06. The normalized spacial score (nSPS) is 10.5. The topological polar surface area (TPSA) is 60.9 Å². The molecule has 0 spiro atoms. The first-order valence-corrected chi connectivity index (χ1v) is 5.53. The lowest BCUT2D eigenvalue weighted by Gasteiger charge is -2.06. The summed E-state index contributed by atoms with van der Waals surface area (Å²) in [6.45, 7) is 0.204. The molecule has 5 heteroatoms. The Bertz CT molecular complexity index is 590. The maximum atomic E-state index is 11.6. The molecule has 0 saturated heterocycles. The minimum absolute atomic E-state index is 0.162. The summed E-state index contributed by atoms with van der Waals surface area (Å²) in [4.78, 5) is 11.6. The molecule has 4 nitrogen and oxygen atoms in total. The predicted octanol–water partition coefficient (Wildman–Crippen LogP) is 1.56. The maximum absolute atomic E-state index is 11.6. The SMILES string of the molecule is Cn1nc(-c2ccc(Cl)cc2)cc(CN)c1=O. The van der Waals surface area contributed by atoms with Gasteiger partial charge in [-0.05, 0) is 18.2 Å². The number of halogens is 1. The van der Waals surface area contributed by atoms with Crippen LogP contribution in [0.2, 0.25) is 5.02 Å². The molecular weight excluding hydrogens is 238 g/mol. The molecule has 0 atom stereocenters. The van der Waals surface area contributed by atoms with E-state index in [4.69, 9.17) is 17.3 Å². The Hall–Kier alpha value is -1.65. The van der Waals surface area contributed by atoms with Gasteiger partial charge in [0.05, 0.1) is 5.69 Å². The molecule has 0 aliphatic carbocycles. The van der Waals surface area contributed by atoms with Gasteiger partial charge in [0.15, 0.2) is 0 Å². The molecule has 17 heavy (non-hydrogen) atoms. The number of benzene rings is 1. The van der Waals surface area contributed by atoms with Crippen molar-refractivity contribution in [1.82, 2.24) is 9.78 Å². The zero-order valence-corrected chi connectivity index (χ0v) is 10.1. The third kappa shape index (κ3) is 2.38. The molecule has 0 radical (unpaired) electrons. The third-order valence-electron chi connectivity index (χ3n) is 2.50. The second-order valence-electron chi connectivity index (χ2n) is 3.69. The van der Waals surface area contributed by atoms with Crippen molar-refractivity contribution < 1.29 is 0 Å². The van der Waals surface area contributed by atoms with Gasteiger partial charge in [-0.1, -0.05) is 23.7 Å². The Kier molecular flexibility index (Phi) is 3.26. The summed E-state index contributed by atoms with van der Waals surface area (Å²) in [5.41, 5.74) is 7.53. The lowest BCUT2D eigenvalue weighted by atomic mass is 10.1. The molecule has 0 saturated carbocycles. The molecule has 2 aromatic rings. The molecule has 88 valence electrons. The van der Waals surface area contributed by atoms with Crippen LogP contribution in [0.15, 0.2) is 35.1 Å². The zero-order chi connectivity index (χ0) is 12.4. The third-order valence-corrected chi connectivity index (χ3v) is 2.75. The molecule has 0 aliphatic heterocycles. The van der Waals surface area contributed by atoms with Crippen molar-refractivity contribution >= 4 is 11.6 Å². The summed E-state index contributed by atoms with van der Waals surface area (Å²) < 4.78 is 1.30. The molecule has 1 heterocycles. The molecule has 0 bridgehead atoms. The van der Waals surface area contributed by atoms with Crippen molar-refractivity contribution in [3.8, 4) is 11.3 Å². The highest BCUT2D eigenvalue weighted by atomic mass is 35.5. The van der Waals surface area contributed by atoms with Gasteiger partial charge in [-0.2, -0.15) is 5.10 Å². The Morgan fingerprint density at radius 1 is 1.35 bits per heavy atom. The van der Waals surface area contributed by atoms with Gasteiger partial charge in [0.1, 0.15) is 0 Å². The van der Waals surface area contributed by atoms with Crippen LogP contribution in [0.4, 0.5) is 0 Å². The van der Waals surface area contributed by atoms with Gasteiger partial charge in [-0.25, -0.2) is 4.68 Å². The van der Waals surface area contributed by atoms with Crippen molar-refractivity contribution in [1.29, 1.82) is 0 Å². The number of hydrogen-bond acceptors (Lipinski definition) is 3. The summed E-state index contributed by atoms with van der Waals surface area (Å²) in [6.07, 6.45) is 0. The van der Waals surface area contributed by atoms with Crippen LogP contribution in [0.25, 0.3) is 11.3 Å². The van der Waals surface area contributed by atoms with Crippen molar-refractivity contribution in [2.45, 2.75) is 6.54 Å². The van der Waals surface area contributed by atoms with Crippen LogP contribution in [0.3, 0.4) is 0 Å². The van der Waals surface area contributed by atoms with Gasteiger partial charge >= 0.3 is 0 Å². The van der Waals surface area contributed by atoms with Crippen LogP contribution in [-0.4, -0.2) is 9.78 Å². The molecule has 2 rings (SSSR count). The summed E-state index contributed by atoms with van der Waals surface area (Å²) in [7, 11) is 1.61. The first kappa shape index (κ1) is 11.8. The Morgan fingerprint density at radius 2 is 2.00 bits per heavy atom. The largest absolute Gasteiger partial charge is 0.326 e. The highest BCUT2D eigenvalue weighted by Crippen LogP contribution is 2.19. The Balaban J connectivity index is 2.56. The second-order valence-corrected chi connectivity index (χ2v) is 4.13. The molecular formula is C12H12ClN3O. The fraction of sp³-hybridized carbons (Fsp3) is 0.167. The summed E-state index contributed by atoms with van der Waals surface area (Å²) in [5, 5.41) is 4.85. The zero-order valence-electron chi connectivity index (χ0n) is 9.35. The average Bonchev–Trinajstić information content (AvgIpc) is 2.33. The molecule has 1 aromatic heterocycles. The van der Waals surface area contributed by atoms with Crippen molar-refractivity contribution in [2.24, 2.45) is 12.8 Å². The number of nitrogens with two attached hydrogens (primary N) is 1.